The van der Waals surface area contributed by atoms with Crippen LogP contribution in [0.4, 0.5) is 10.5 Å². The van der Waals surface area contributed by atoms with Gasteiger partial charge in [-0.3, -0.25) is 4.90 Å². The molecule has 0 saturated heterocycles. The van der Waals surface area contributed by atoms with E-state index < -0.39 is 6.09 Å². The van der Waals surface area contributed by atoms with Gasteiger partial charge >= 0.3 is 6.09 Å². The van der Waals surface area contributed by atoms with Gasteiger partial charge in [-0.15, -0.1) is 6.42 Å². The molecule has 0 aliphatic carbocycles. The predicted octanol–water partition coefficient (Wildman–Crippen LogP) is 1.95. The molecule has 0 aromatic heterocycles. The van der Waals surface area contributed by atoms with Gasteiger partial charge in [0.2, 0.25) is 0 Å². The van der Waals surface area contributed by atoms with Crippen molar-refractivity contribution < 1.29 is 9.53 Å². The molecular formula is C13H16N2O2. The quantitative estimate of drug-likeness (QED) is 0.626. The van der Waals surface area contributed by atoms with Crippen LogP contribution in [0.3, 0.4) is 0 Å². The molecule has 17 heavy (non-hydrogen) atoms. The zero-order valence-electron chi connectivity index (χ0n) is 10.3. The van der Waals surface area contributed by atoms with Crippen molar-refractivity contribution in [2.75, 3.05) is 19.3 Å². The van der Waals surface area contributed by atoms with E-state index in [2.05, 4.69) is 5.92 Å². The van der Waals surface area contributed by atoms with Gasteiger partial charge in [0.1, 0.15) is 5.75 Å². The van der Waals surface area contributed by atoms with E-state index in [1.165, 1.54) is 4.90 Å². The molecule has 1 rings (SSSR count). The second-order valence-electron chi connectivity index (χ2n) is 3.90. The first-order valence-electron chi connectivity index (χ1n) is 5.19. The molecular weight excluding hydrogens is 216 g/mol. The number of nitrogen functional groups attached to an aromatic ring is 1. The molecule has 0 aliphatic heterocycles. The Hall–Kier alpha value is -2.15. The lowest BCUT2D eigenvalue weighted by atomic mass is 10.1. The number of anilines is 1. The summed E-state index contributed by atoms with van der Waals surface area (Å²) in [6.07, 6.45) is 4.63. The summed E-state index contributed by atoms with van der Waals surface area (Å²) >= 11 is 0. The van der Waals surface area contributed by atoms with E-state index in [4.69, 9.17) is 16.9 Å². The Morgan fingerprint density at radius 3 is 2.47 bits per heavy atom. The van der Waals surface area contributed by atoms with Crippen LogP contribution in [0, 0.1) is 26.2 Å². The summed E-state index contributed by atoms with van der Waals surface area (Å²) in [6.45, 7) is 3.95. The van der Waals surface area contributed by atoms with Crippen LogP contribution in [-0.4, -0.2) is 24.6 Å². The maximum absolute atomic E-state index is 11.6. The summed E-state index contributed by atoms with van der Waals surface area (Å²) in [7, 11) is 1.58. The standard InChI is InChI=1S/C13H16N2O2/c1-5-6-15(4)13(16)17-11-7-9(2)12(14)10(3)8-11/h1,7-8H,6,14H2,2-4H3. The van der Waals surface area contributed by atoms with Crippen LogP contribution < -0.4 is 10.5 Å². The minimum atomic E-state index is -0.480. The smallest absolute Gasteiger partial charge is 0.410 e. The highest BCUT2D eigenvalue weighted by Gasteiger charge is 2.11. The van der Waals surface area contributed by atoms with Gasteiger partial charge in [0, 0.05) is 12.7 Å². The van der Waals surface area contributed by atoms with Gasteiger partial charge in [-0.25, -0.2) is 4.79 Å². The van der Waals surface area contributed by atoms with E-state index in [0.717, 1.165) is 11.1 Å². The Kier molecular flexibility index (Phi) is 4.00. The van der Waals surface area contributed by atoms with E-state index in [1.807, 2.05) is 13.8 Å². The van der Waals surface area contributed by atoms with Gasteiger partial charge in [0.05, 0.1) is 6.54 Å². The molecule has 0 radical (unpaired) electrons. The fourth-order valence-corrected chi connectivity index (χ4v) is 1.37. The molecule has 0 spiro atoms. The molecule has 0 fully saturated rings. The Labute approximate surface area is 101 Å². The van der Waals surface area contributed by atoms with Crippen molar-refractivity contribution >= 4 is 11.8 Å². The van der Waals surface area contributed by atoms with Gasteiger partial charge in [-0.05, 0) is 37.1 Å². The highest BCUT2D eigenvalue weighted by atomic mass is 16.6. The van der Waals surface area contributed by atoms with Crippen LogP contribution in [-0.2, 0) is 0 Å². The first kappa shape index (κ1) is 12.9. The monoisotopic (exact) mass is 232 g/mol. The normalized spacial score (nSPS) is 9.53. The molecule has 0 aliphatic rings. The first-order chi connectivity index (χ1) is 7.95. The lowest BCUT2D eigenvalue weighted by molar-refractivity contribution is 0.168. The van der Waals surface area contributed by atoms with Crippen molar-refractivity contribution in [3.8, 4) is 18.1 Å². The molecule has 1 aromatic carbocycles. The van der Waals surface area contributed by atoms with Crippen LogP contribution in [0.2, 0.25) is 0 Å². The van der Waals surface area contributed by atoms with Crippen molar-refractivity contribution in [1.82, 2.24) is 4.90 Å². The molecule has 0 unspecified atom stereocenters. The molecule has 2 N–H and O–H groups in total. The van der Waals surface area contributed by atoms with E-state index in [-0.39, 0.29) is 6.54 Å². The second kappa shape index (κ2) is 5.26. The topological polar surface area (TPSA) is 55.6 Å². The lowest BCUT2D eigenvalue weighted by Gasteiger charge is -2.15. The molecule has 0 atom stereocenters. The number of rotatable bonds is 2. The van der Waals surface area contributed by atoms with Crippen LogP contribution in [0.1, 0.15) is 11.1 Å². The molecule has 4 nitrogen and oxygen atoms in total. The summed E-state index contributed by atoms with van der Waals surface area (Å²) in [5, 5.41) is 0. The van der Waals surface area contributed by atoms with Crippen molar-refractivity contribution in [2.45, 2.75) is 13.8 Å². The Morgan fingerprint density at radius 2 is 2.00 bits per heavy atom. The van der Waals surface area contributed by atoms with Gasteiger partial charge in [-0.2, -0.15) is 0 Å². The first-order valence-corrected chi connectivity index (χ1v) is 5.19. The van der Waals surface area contributed by atoms with Crippen molar-refractivity contribution in [3.63, 3.8) is 0 Å². The van der Waals surface area contributed by atoms with E-state index in [0.29, 0.717) is 11.4 Å². The molecule has 4 heteroatoms. The minimum absolute atomic E-state index is 0.214. The van der Waals surface area contributed by atoms with Crippen LogP contribution in [0.5, 0.6) is 5.75 Å². The lowest BCUT2D eigenvalue weighted by Crippen LogP contribution is -2.29. The highest BCUT2D eigenvalue weighted by Crippen LogP contribution is 2.23. The number of carbonyl (C=O) groups is 1. The summed E-state index contributed by atoms with van der Waals surface area (Å²) in [6, 6.07) is 3.45. The molecule has 0 bridgehead atoms. The van der Waals surface area contributed by atoms with E-state index in [9.17, 15) is 4.79 Å². The summed E-state index contributed by atoms with van der Waals surface area (Å²) in [5.74, 6) is 2.85. The number of nitrogens with zero attached hydrogens (tertiary/aromatic N) is 1. The maximum Gasteiger partial charge on any atom is 0.415 e. The van der Waals surface area contributed by atoms with Crippen LogP contribution >= 0.6 is 0 Å². The van der Waals surface area contributed by atoms with Gasteiger partial charge in [0.15, 0.2) is 0 Å². The van der Waals surface area contributed by atoms with Crippen LogP contribution in [0.25, 0.3) is 0 Å². The summed E-state index contributed by atoms with van der Waals surface area (Å²) in [5.41, 5.74) is 8.29. The highest BCUT2D eigenvalue weighted by molar-refractivity contribution is 5.71. The van der Waals surface area contributed by atoms with E-state index >= 15 is 0 Å². The van der Waals surface area contributed by atoms with Gasteiger partial charge < -0.3 is 10.5 Å². The number of hydrogen-bond donors (Lipinski definition) is 1. The number of hydrogen-bond acceptors (Lipinski definition) is 3. The van der Waals surface area contributed by atoms with Gasteiger partial charge in [-0.1, -0.05) is 5.92 Å². The third kappa shape index (κ3) is 3.15. The van der Waals surface area contributed by atoms with E-state index in [1.54, 1.807) is 19.2 Å². The number of ether oxygens (including phenoxy) is 1. The maximum atomic E-state index is 11.6. The molecule has 90 valence electrons. The van der Waals surface area contributed by atoms with Gasteiger partial charge in [0.25, 0.3) is 0 Å². The Balaban J connectivity index is 2.83. The fraction of sp³-hybridized carbons (Fsp3) is 0.308. The van der Waals surface area contributed by atoms with Crippen molar-refractivity contribution in [1.29, 1.82) is 0 Å². The SMILES string of the molecule is C#CCN(C)C(=O)Oc1cc(C)c(N)c(C)c1. The number of terminal acetylenes is 1. The molecule has 1 amide bonds. The van der Waals surface area contributed by atoms with Crippen molar-refractivity contribution in [3.05, 3.63) is 23.3 Å². The zero-order chi connectivity index (χ0) is 13.0. The average Bonchev–Trinajstić information content (AvgIpc) is 2.26. The summed E-state index contributed by atoms with van der Waals surface area (Å²) < 4.78 is 5.18. The number of carbonyl (C=O) groups excluding carboxylic acids is 1. The molecule has 0 heterocycles. The number of aryl methyl sites for hydroxylation is 2. The fourth-order valence-electron chi connectivity index (χ4n) is 1.37. The largest absolute Gasteiger partial charge is 0.415 e. The third-order valence-corrected chi connectivity index (χ3v) is 2.41. The molecule has 0 saturated carbocycles. The zero-order valence-corrected chi connectivity index (χ0v) is 10.3. The Morgan fingerprint density at radius 1 is 1.47 bits per heavy atom. The Bertz CT molecular complexity index is 452. The molecule has 1 aromatic rings. The predicted molar refractivity (Wildman–Crippen MR) is 67.8 cm³/mol. The average molecular weight is 232 g/mol. The third-order valence-electron chi connectivity index (χ3n) is 2.41. The number of benzene rings is 1. The minimum Gasteiger partial charge on any atom is -0.410 e. The van der Waals surface area contributed by atoms with Crippen LogP contribution in [0.15, 0.2) is 12.1 Å². The second-order valence-corrected chi connectivity index (χ2v) is 3.90. The number of amides is 1. The number of nitrogens with two attached hydrogens (primary N) is 1. The summed E-state index contributed by atoms with van der Waals surface area (Å²) in [4.78, 5) is 12.9. The van der Waals surface area contributed by atoms with Crippen molar-refractivity contribution in [2.24, 2.45) is 0 Å².